The van der Waals surface area contributed by atoms with Crippen LogP contribution in [0.5, 0.6) is 0 Å². The summed E-state index contributed by atoms with van der Waals surface area (Å²) in [5.74, 6) is 0.230. The van der Waals surface area contributed by atoms with Crippen molar-refractivity contribution in [2.45, 2.75) is 45.6 Å². The molecule has 3 rings (SSSR count). The van der Waals surface area contributed by atoms with Crippen molar-refractivity contribution in [1.29, 1.82) is 0 Å². The molecule has 25 heavy (non-hydrogen) atoms. The zero-order chi connectivity index (χ0) is 17.9. The van der Waals surface area contributed by atoms with Gasteiger partial charge >= 0.3 is 0 Å². The number of anilines is 1. The third-order valence-corrected chi connectivity index (χ3v) is 4.90. The first kappa shape index (κ1) is 17.5. The van der Waals surface area contributed by atoms with Gasteiger partial charge < -0.3 is 10.2 Å². The summed E-state index contributed by atoms with van der Waals surface area (Å²) in [7, 11) is 0. The average Bonchev–Trinajstić information content (AvgIpc) is 2.61. The van der Waals surface area contributed by atoms with Gasteiger partial charge in [-0.25, -0.2) is 0 Å². The number of carbonyl (C=O) groups is 1. The Morgan fingerprint density at radius 2 is 1.72 bits per heavy atom. The number of nitrogens with zero attached hydrogens (tertiary/aromatic N) is 1. The van der Waals surface area contributed by atoms with Crippen LogP contribution in [-0.4, -0.2) is 23.9 Å². The van der Waals surface area contributed by atoms with Crippen molar-refractivity contribution in [3.8, 4) is 0 Å². The van der Waals surface area contributed by atoms with Crippen molar-refractivity contribution >= 4 is 11.6 Å². The molecule has 3 nitrogen and oxygen atoms in total. The molecule has 0 unspecified atom stereocenters. The lowest BCUT2D eigenvalue weighted by molar-refractivity contribution is -0.131. The van der Waals surface area contributed by atoms with Gasteiger partial charge in [-0.2, -0.15) is 0 Å². The number of hydrogen-bond donors (Lipinski definition) is 1. The minimum Gasteiger partial charge on any atom is -0.385 e. The van der Waals surface area contributed by atoms with Gasteiger partial charge in [0.2, 0.25) is 5.91 Å². The van der Waals surface area contributed by atoms with Crippen LogP contribution < -0.4 is 5.32 Å². The molecule has 0 saturated carbocycles. The fraction of sp³-hybridized carbons (Fsp3) is 0.409. The van der Waals surface area contributed by atoms with Crippen LogP contribution in [0.25, 0.3) is 0 Å². The maximum atomic E-state index is 12.5. The van der Waals surface area contributed by atoms with Crippen LogP contribution in [0.1, 0.15) is 43.9 Å². The summed E-state index contributed by atoms with van der Waals surface area (Å²) in [6.45, 7) is 8.89. The van der Waals surface area contributed by atoms with E-state index >= 15 is 0 Å². The first-order valence-corrected chi connectivity index (χ1v) is 9.12. The second-order valence-electron chi connectivity index (χ2n) is 7.84. The molecule has 0 saturated heterocycles. The number of amides is 1. The second-order valence-corrected chi connectivity index (χ2v) is 7.84. The Labute approximate surface area is 151 Å². The maximum Gasteiger partial charge on any atom is 0.224 e. The maximum absolute atomic E-state index is 12.5. The summed E-state index contributed by atoms with van der Waals surface area (Å²) in [6, 6.07) is 16.9. The zero-order valence-electron chi connectivity index (χ0n) is 15.5. The monoisotopic (exact) mass is 336 g/mol. The SMILES string of the molecule is CC(C)(C)c1ccc(NCCC(=O)N2CCc3ccccc3C2)cc1. The summed E-state index contributed by atoms with van der Waals surface area (Å²) in [5.41, 5.74) is 5.22. The van der Waals surface area contributed by atoms with Crippen molar-refractivity contribution in [1.82, 2.24) is 4.90 Å². The molecule has 0 aromatic heterocycles. The number of fused-ring (bicyclic) bond motifs is 1. The Bertz CT molecular complexity index is 728. The van der Waals surface area contributed by atoms with Crippen LogP contribution in [0.4, 0.5) is 5.69 Å². The molecule has 2 aromatic rings. The molecule has 0 atom stereocenters. The van der Waals surface area contributed by atoms with Crippen LogP contribution in [0, 0.1) is 0 Å². The molecule has 1 N–H and O–H groups in total. The fourth-order valence-electron chi connectivity index (χ4n) is 3.27. The molecule has 0 radical (unpaired) electrons. The van der Waals surface area contributed by atoms with Gasteiger partial charge in [-0.05, 0) is 40.7 Å². The van der Waals surface area contributed by atoms with E-state index in [2.05, 4.69) is 74.6 Å². The average molecular weight is 336 g/mol. The lowest BCUT2D eigenvalue weighted by Crippen LogP contribution is -2.36. The Morgan fingerprint density at radius 3 is 2.40 bits per heavy atom. The third kappa shape index (κ3) is 4.41. The highest BCUT2D eigenvalue weighted by Gasteiger charge is 2.19. The van der Waals surface area contributed by atoms with Gasteiger partial charge in [0.15, 0.2) is 0 Å². The van der Waals surface area contributed by atoms with Crippen molar-refractivity contribution in [2.75, 3.05) is 18.4 Å². The van der Waals surface area contributed by atoms with Gasteiger partial charge in [-0.15, -0.1) is 0 Å². The molecule has 3 heteroatoms. The van der Waals surface area contributed by atoms with E-state index in [4.69, 9.17) is 0 Å². The van der Waals surface area contributed by atoms with Gasteiger partial charge in [0.25, 0.3) is 0 Å². The van der Waals surface area contributed by atoms with E-state index in [1.807, 2.05) is 4.90 Å². The third-order valence-electron chi connectivity index (χ3n) is 4.90. The van der Waals surface area contributed by atoms with E-state index in [0.717, 1.165) is 25.2 Å². The molecule has 0 bridgehead atoms. The first-order valence-electron chi connectivity index (χ1n) is 9.12. The molecule has 0 fully saturated rings. The quantitative estimate of drug-likeness (QED) is 0.899. The molecular weight excluding hydrogens is 308 g/mol. The predicted octanol–water partition coefficient (Wildman–Crippen LogP) is 4.37. The molecule has 1 heterocycles. The number of carbonyl (C=O) groups excluding carboxylic acids is 1. The Morgan fingerprint density at radius 1 is 1.04 bits per heavy atom. The summed E-state index contributed by atoms with van der Waals surface area (Å²) in [5, 5.41) is 3.36. The summed E-state index contributed by atoms with van der Waals surface area (Å²) >= 11 is 0. The van der Waals surface area contributed by atoms with Crippen LogP contribution in [0.15, 0.2) is 48.5 Å². The van der Waals surface area contributed by atoms with Gasteiger partial charge in [0, 0.05) is 31.7 Å². The molecule has 2 aromatic carbocycles. The molecule has 1 aliphatic rings. The summed E-state index contributed by atoms with van der Waals surface area (Å²) in [4.78, 5) is 14.4. The lowest BCUT2D eigenvalue weighted by Gasteiger charge is -2.29. The highest BCUT2D eigenvalue weighted by Crippen LogP contribution is 2.23. The number of benzene rings is 2. The van der Waals surface area contributed by atoms with Crippen LogP contribution in [-0.2, 0) is 23.2 Å². The largest absolute Gasteiger partial charge is 0.385 e. The molecule has 132 valence electrons. The topological polar surface area (TPSA) is 32.3 Å². The summed E-state index contributed by atoms with van der Waals surface area (Å²) < 4.78 is 0. The number of rotatable bonds is 4. The molecule has 0 aliphatic carbocycles. The molecule has 1 amide bonds. The highest BCUT2D eigenvalue weighted by atomic mass is 16.2. The molecular formula is C22H28N2O. The minimum absolute atomic E-state index is 0.166. The minimum atomic E-state index is 0.166. The van der Waals surface area contributed by atoms with Crippen molar-refractivity contribution in [2.24, 2.45) is 0 Å². The van der Waals surface area contributed by atoms with E-state index in [-0.39, 0.29) is 11.3 Å². The van der Waals surface area contributed by atoms with Crippen molar-refractivity contribution in [3.05, 3.63) is 65.2 Å². The van der Waals surface area contributed by atoms with E-state index in [0.29, 0.717) is 13.0 Å². The standard InChI is InChI=1S/C22H28N2O/c1-22(2,3)19-8-10-20(11-9-19)23-14-12-21(25)24-15-13-17-6-4-5-7-18(17)16-24/h4-11,23H,12-16H2,1-3H3. The molecule has 1 aliphatic heterocycles. The predicted molar refractivity (Wildman–Crippen MR) is 104 cm³/mol. The van der Waals surface area contributed by atoms with Crippen LogP contribution >= 0.6 is 0 Å². The van der Waals surface area contributed by atoms with Crippen molar-refractivity contribution < 1.29 is 4.79 Å². The Balaban J connectivity index is 1.48. The van der Waals surface area contributed by atoms with Gasteiger partial charge in [-0.1, -0.05) is 57.2 Å². The lowest BCUT2D eigenvalue weighted by atomic mass is 9.87. The van der Waals surface area contributed by atoms with Crippen LogP contribution in [0.2, 0.25) is 0 Å². The Kier molecular flexibility index (Phi) is 5.12. The van der Waals surface area contributed by atoms with Gasteiger partial charge in [-0.3, -0.25) is 4.79 Å². The molecule has 0 spiro atoms. The Hall–Kier alpha value is -2.29. The number of nitrogens with one attached hydrogen (secondary N) is 1. The van der Waals surface area contributed by atoms with E-state index in [1.165, 1.54) is 16.7 Å². The smallest absolute Gasteiger partial charge is 0.224 e. The fourth-order valence-corrected chi connectivity index (χ4v) is 3.27. The van der Waals surface area contributed by atoms with Gasteiger partial charge in [0.1, 0.15) is 0 Å². The summed E-state index contributed by atoms with van der Waals surface area (Å²) in [6.07, 6.45) is 1.49. The van der Waals surface area contributed by atoms with E-state index < -0.39 is 0 Å². The number of hydrogen-bond acceptors (Lipinski definition) is 2. The van der Waals surface area contributed by atoms with E-state index in [1.54, 1.807) is 0 Å². The van der Waals surface area contributed by atoms with Gasteiger partial charge in [0.05, 0.1) is 0 Å². The highest BCUT2D eigenvalue weighted by molar-refractivity contribution is 5.77. The first-order chi connectivity index (χ1) is 11.9. The zero-order valence-corrected chi connectivity index (χ0v) is 15.5. The second kappa shape index (κ2) is 7.30. The normalized spacial score (nSPS) is 14.1. The van der Waals surface area contributed by atoms with E-state index in [9.17, 15) is 4.79 Å². The van der Waals surface area contributed by atoms with Crippen molar-refractivity contribution in [3.63, 3.8) is 0 Å². The van der Waals surface area contributed by atoms with Crippen LogP contribution in [0.3, 0.4) is 0 Å².